The van der Waals surface area contributed by atoms with Crippen molar-refractivity contribution in [2.75, 3.05) is 0 Å². The Hall–Kier alpha value is -0.172. The molecule has 0 aromatic carbocycles. The zero-order valence-corrected chi connectivity index (χ0v) is 9.93. The van der Waals surface area contributed by atoms with E-state index in [1.54, 1.807) is 20.8 Å². The number of rotatable bonds is 2. The van der Waals surface area contributed by atoms with Crippen molar-refractivity contribution in [3.63, 3.8) is 0 Å². The molecule has 0 aliphatic carbocycles. The van der Waals surface area contributed by atoms with E-state index in [1.165, 1.54) is 6.92 Å². The molecule has 0 aromatic rings. The monoisotopic (exact) mass is 353 g/mol. The molecule has 0 bridgehead atoms. The first kappa shape index (κ1) is 14.4. The molecule has 4 heteroatoms. The number of carbonyl (C=O) groups is 2. The van der Waals surface area contributed by atoms with Gasteiger partial charge in [0.15, 0.2) is 5.78 Å². The van der Waals surface area contributed by atoms with E-state index in [0.717, 1.165) is 0 Å². The van der Waals surface area contributed by atoms with Gasteiger partial charge in [0.1, 0.15) is 5.92 Å². The molecule has 0 aliphatic heterocycles. The third-order valence-electron chi connectivity index (χ3n) is 1.50. The maximum atomic E-state index is 11.2. The maximum Gasteiger partial charge on any atom is 0.313 e. The van der Waals surface area contributed by atoms with Gasteiger partial charge in [-0.25, -0.2) is 0 Å². The number of hydrogen-bond acceptors (Lipinski definition) is 2. The van der Waals surface area contributed by atoms with Gasteiger partial charge in [-0.05, 0) is 6.92 Å². The Morgan fingerprint density at radius 2 is 1.58 bits per heavy atom. The number of carboxylic acids is 1. The van der Waals surface area contributed by atoms with Gasteiger partial charge < -0.3 is 5.11 Å². The fourth-order valence-electron chi connectivity index (χ4n) is 0.762. The van der Waals surface area contributed by atoms with Crippen molar-refractivity contribution in [1.82, 2.24) is 0 Å². The summed E-state index contributed by atoms with van der Waals surface area (Å²) in [4.78, 5) is 21.6. The van der Waals surface area contributed by atoms with Crippen molar-refractivity contribution in [2.24, 2.45) is 11.3 Å². The van der Waals surface area contributed by atoms with Crippen LogP contribution in [0, 0.1) is 11.3 Å². The van der Waals surface area contributed by atoms with Crippen LogP contribution in [0.4, 0.5) is 0 Å². The van der Waals surface area contributed by atoms with E-state index < -0.39 is 17.3 Å². The molecular formula is C8H14O3Pt. The Morgan fingerprint density at radius 1 is 1.25 bits per heavy atom. The summed E-state index contributed by atoms with van der Waals surface area (Å²) in [5.74, 6) is -2.18. The molecule has 0 radical (unpaired) electrons. The molecule has 0 saturated carbocycles. The Balaban J connectivity index is 0. The predicted molar refractivity (Wildman–Crippen MR) is 41.3 cm³/mol. The molecule has 1 unspecified atom stereocenters. The molecule has 1 N–H and O–H groups in total. The van der Waals surface area contributed by atoms with Crippen LogP contribution in [0.15, 0.2) is 0 Å². The van der Waals surface area contributed by atoms with Gasteiger partial charge in [-0.15, -0.1) is 0 Å². The quantitative estimate of drug-likeness (QED) is 0.762. The maximum absolute atomic E-state index is 11.2. The van der Waals surface area contributed by atoms with E-state index >= 15 is 0 Å². The summed E-state index contributed by atoms with van der Waals surface area (Å²) >= 11 is 0. The largest absolute Gasteiger partial charge is 0.481 e. The summed E-state index contributed by atoms with van der Waals surface area (Å²) in [6, 6.07) is 0. The normalized spacial score (nSPS) is 13.0. The molecule has 0 spiro atoms. The topological polar surface area (TPSA) is 54.4 Å². The van der Waals surface area contributed by atoms with Gasteiger partial charge in [-0.2, -0.15) is 0 Å². The fraction of sp³-hybridized carbons (Fsp3) is 0.750. The van der Waals surface area contributed by atoms with Crippen LogP contribution in [-0.2, 0) is 30.7 Å². The van der Waals surface area contributed by atoms with Crippen LogP contribution in [0.1, 0.15) is 27.7 Å². The van der Waals surface area contributed by atoms with E-state index in [4.69, 9.17) is 5.11 Å². The summed E-state index contributed by atoms with van der Waals surface area (Å²) in [6.07, 6.45) is 0. The van der Waals surface area contributed by atoms with Crippen molar-refractivity contribution < 1.29 is 35.8 Å². The average Bonchev–Trinajstić information content (AvgIpc) is 1.82. The van der Waals surface area contributed by atoms with Gasteiger partial charge in [0, 0.05) is 26.5 Å². The first-order valence-electron chi connectivity index (χ1n) is 3.54. The number of Topliss-reactive ketones (excluding diaryl/α,β-unsaturated/α-hetero) is 1. The summed E-state index contributed by atoms with van der Waals surface area (Å²) in [7, 11) is 0. The number of hydrogen-bond donors (Lipinski definition) is 1. The Bertz CT molecular complexity index is 181. The fourth-order valence-corrected chi connectivity index (χ4v) is 0.762. The molecule has 0 fully saturated rings. The number of ketones is 1. The minimum atomic E-state index is -1.05. The van der Waals surface area contributed by atoms with Crippen molar-refractivity contribution in [3.05, 3.63) is 0 Å². The minimum Gasteiger partial charge on any atom is -0.481 e. The molecule has 0 rings (SSSR count). The summed E-state index contributed by atoms with van der Waals surface area (Å²) in [6.45, 7) is 6.56. The van der Waals surface area contributed by atoms with Crippen LogP contribution in [0.25, 0.3) is 0 Å². The molecule has 1 atom stereocenters. The predicted octanol–water partition coefficient (Wildman–Crippen LogP) is 1.32. The van der Waals surface area contributed by atoms with Gasteiger partial charge in [-0.1, -0.05) is 20.8 Å². The van der Waals surface area contributed by atoms with E-state index in [2.05, 4.69) is 0 Å². The molecule has 3 nitrogen and oxygen atoms in total. The van der Waals surface area contributed by atoms with Crippen LogP contribution in [0.2, 0.25) is 0 Å². The van der Waals surface area contributed by atoms with E-state index in [1.807, 2.05) is 0 Å². The number of carboxylic acid groups (broad SMARTS) is 1. The van der Waals surface area contributed by atoms with Gasteiger partial charge in [0.25, 0.3) is 0 Å². The second kappa shape index (κ2) is 4.76. The molecule has 0 aromatic heterocycles. The Morgan fingerprint density at radius 3 is 1.67 bits per heavy atom. The number of carbonyl (C=O) groups excluding carboxylic acids is 1. The van der Waals surface area contributed by atoms with Gasteiger partial charge in [0.05, 0.1) is 0 Å². The summed E-state index contributed by atoms with van der Waals surface area (Å²) in [5.41, 5.74) is -0.558. The zero-order valence-electron chi connectivity index (χ0n) is 7.66. The van der Waals surface area contributed by atoms with Crippen molar-refractivity contribution in [2.45, 2.75) is 27.7 Å². The third-order valence-corrected chi connectivity index (χ3v) is 1.50. The molecule has 12 heavy (non-hydrogen) atoms. The molecule has 0 aliphatic rings. The van der Waals surface area contributed by atoms with Crippen molar-refractivity contribution in [1.29, 1.82) is 0 Å². The first-order chi connectivity index (χ1) is 4.76. The Kier molecular flexibility index (Phi) is 5.69. The van der Waals surface area contributed by atoms with Crippen LogP contribution in [0.5, 0.6) is 0 Å². The van der Waals surface area contributed by atoms with Gasteiger partial charge in [0.2, 0.25) is 0 Å². The summed E-state index contributed by atoms with van der Waals surface area (Å²) in [5, 5.41) is 8.49. The van der Waals surface area contributed by atoms with E-state index in [-0.39, 0.29) is 26.8 Å². The third kappa shape index (κ3) is 4.01. The van der Waals surface area contributed by atoms with E-state index in [0.29, 0.717) is 0 Å². The van der Waals surface area contributed by atoms with Crippen molar-refractivity contribution >= 4 is 11.8 Å². The molecule has 74 valence electrons. The first-order valence-corrected chi connectivity index (χ1v) is 3.54. The van der Waals surface area contributed by atoms with Crippen molar-refractivity contribution in [3.8, 4) is 0 Å². The standard InChI is InChI=1S/C8H14O3.Pt/c1-5(7(10)11)6(9)8(2,3)4;/h5H,1-4H3,(H,10,11);. The van der Waals surface area contributed by atoms with Crippen LogP contribution in [0.3, 0.4) is 0 Å². The molecule has 0 saturated heterocycles. The Labute approximate surface area is 86.8 Å². The second-order valence-corrected chi connectivity index (χ2v) is 3.67. The second-order valence-electron chi connectivity index (χ2n) is 3.67. The molecule has 0 amide bonds. The average molecular weight is 353 g/mol. The molecule has 0 heterocycles. The number of aliphatic carboxylic acids is 1. The van der Waals surface area contributed by atoms with Gasteiger partial charge >= 0.3 is 5.97 Å². The summed E-state index contributed by atoms with van der Waals surface area (Å²) < 4.78 is 0. The van der Waals surface area contributed by atoms with E-state index in [9.17, 15) is 9.59 Å². The zero-order chi connectivity index (χ0) is 9.23. The molecular weight excluding hydrogens is 339 g/mol. The van der Waals surface area contributed by atoms with Crippen LogP contribution in [-0.4, -0.2) is 16.9 Å². The SMILES string of the molecule is CC(C(=O)O)C(=O)C(C)(C)C.[Pt]. The van der Waals surface area contributed by atoms with Crippen LogP contribution < -0.4 is 0 Å². The smallest absolute Gasteiger partial charge is 0.313 e. The minimum absolute atomic E-state index is 0. The van der Waals surface area contributed by atoms with Gasteiger partial charge in [-0.3, -0.25) is 9.59 Å². The van der Waals surface area contributed by atoms with Crippen LogP contribution >= 0.6 is 0 Å².